The Bertz CT molecular complexity index is 777. The van der Waals surface area contributed by atoms with Crippen molar-refractivity contribution < 1.29 is 0 Å². The maximum absolute atomic E-state index is 4.71. The summed E-state index contributed by atoms with van der Waals surface area (Å²) in [5.74, 6) is 1.41. The van der Waals surface area contributed by atoms with Crippen molar-refractivity contribution in [2.75, 3.05) is 20.1 Å². The van der Waals surface area contributed by atoms with Gasteiger partial charge in [-0.25, -0.2) is 4.98 Å². The predicted octanol–water partition coefficient (Wildman–Crippen LogP) is 4.65. The highest BCUT2D eigenvalue weighted by atomic mass is 127. The van der Waals surface area contributed by atoms with Crippen LogP contribution in [0.15, 0.2) is 40.7 Å². The van der Waals surface area contributed by atoms with Gasteiger partial charge in [-0.15, -0.1) is 35.3 Å². The molecule has 2 heterocycles. The first-order chi connectivity index (χ1) is 14.0. The number of thiazole rings is 1. The van der Waals surface area contributed by atoms with Gasteiger partial charge in [0.25, 0.3) is 0 Å². The zero-order valence-electron chi connectivity index (χ0n) is 18.6. The van der Waals surface area contributed by atoms with E-state index in [1.54, 1.807) is 11.3 Å². The highest BCUT2D eigenvalue weighted by Crippen LogP contribution is 2.20. The van der Waals surface area contributed by atoms with Crippen molar-refractivity contribution in [2.24, 2.45) is 4.99 Å². The molecular formula is C23H36IN5S. The average Bonchev–Trinajstić information content (AvgIpc) is 3.19. The summed E-state index contributed by atoms with van der Waals surface area (Å²) in [6.07, 6.45) is 3.20. The van der Waals surface area contributed by atoms with Crippen molar-refractivity contribution in [3.8, 4) is 0 Å². The Kier molecular flexibility index (Phi) is 10.5. The third-order valence-corrected chi connectivity index (χ3v) is 6.74. The van der Waals surface area contributed by atoms with Crippen LogP contribution >= 0.6 is 35.3 Å². The summed E-state index contributed by atoms with van der Waals surface area (Å²) in [6.45, 7) is 9.72. The molecule has 1 aromatic carbocycles. The van der Waals surface area contributed by atoms with Gasteiger partial charge in [-0.2, -0.15) is 0 Å². The fourth-order valence-electron chi connectivity index (χ4n) is 3.80. The summed E-state index contributed by atoms with van der Waals surface area (Å²) >= 11 is 1.76. The maximum atomic E-state index is 4.71. The van der Waals surface area contributed by atoms with Crippen LogP contribution in [-0.2, 0) is 13.0 Å². The van der Waals surface area contributed by atoms with Gasteiger partial charge in [0.05, 0.1) is 10.7 Å². The van der Waals surface area contributed by atoms with E-state index in [0.717, 1.165) is 44.9 Å². The van der Waals surface area contributed by atoms with Crippen molar-refractivity contribution in [2.45, 2.75) is 64.6 Å². The molecule has 1 fully saturated rings. The largest absolute Gasteiger partial charge is 0.356 e. The van der Waals surface area contributed by atoms with Crippen LogP contribution in [0.4, 0.5) is 0 Å². The van der Waals surface area contributed by atoms with E-state index < -0.39 is 0 Å². The molecule has 7 heteroatoms. The molecule has 5 nitrogen and oxygen atoms in total. The van der Waals surface area contributed by atoms with E-state index >= 15 is 0 Å². The van der Waals surface area contributed by atoms with Crippen LogP contribution in [-0.4, -0.2) is 48.1 Å². The van der Waals surface area contributed by atoms with E-state index in [-0.39, 0.29) is 24.0 Å². The van der Waals surface area contributed by atoms with Crippen LogP contribution in [0.1, 0.15) is 55.8 Å². The summed E-state index contributed by atoms with van der Waals surface area (Å²) in [5, 5.41) is 10.5. The SMILES string of the molecule is CN=C(NCCc1csc(C(C)C)n1)NC1CCN(Cc2ccccc2)C(C)C1.I. The zero-order chi connectivity index (χ0) is 20.6. The van der Waals surface area contributed by atoms with Crippen LogP contribution in [0.5, 0.6) is 0 Å². The van der Waals surface area contributed by atoms with Gasteiger partial charge in [-0.3, -0.25) is 9.89 Å². The predicted molar refractivity (Wildman–Crippen MR) is 139 cm³/mol. The number of guanidine groups is 1. The van der Waals surface area contributed by atoms with E-state index in [2.05, 4.69) is 77.0 Å². The Balaban J connectivity index is 0.00000320. The van der Waals surface area contributed by atoms with E-state index in [1.165, 1.54) is 16.3 Å². The standard InChI is InChI=1S/C23H35N5S.HI/c1-17(2)22-26-21(16-29-22)10-12-25-23(24-4)27-20-11-13-28(18(3)14-20)15-19-8-6-5-7-9-19;/h5-9,16-18,20H,10-15H2,1-4H3,(H2,24,25,27);1H. The lowest BCUT2D eigenvalue weighted by atomic mass is 9.97. The van der Waals surface area contributed by atoms with Gasteiger partial charge in [0.15, 0.2) is 5.96 Å². The number of aromatic nitrogens is 1. The van der Waals surface area contributed by atoms with E-state index in [9.17, 15) is 0 Å². The van der Waals surface area contributed by atoms with Crippen LogP contribution in [0, 0.1) is 0 Å². The number of rotatable bonds is 7. The first-order valence-corrected chi connectivity index (χ1v) is 11.6. The van der Waals surface area contributed by atoms with Crippen LogP contribution < -0.4 is 10.6 Å². The monoisotopic (exact) mass is 541 g/mol. The second-order valence-electron chi connectivity index (χ2n) is 8.25. The van der Waals surface area contributed by atoms with Gasteiger partial charge in [-0.1, -0.05) is 44.2 Å². The molecule has 2 atom stereocenters. The molecular weight excluding hydrogens is 505 g/mol. The summed E-state index contributed by atoms with van der Waals surface area (Å²) in [6, 6.07) is 11.8. The Labute approximate surface area is 202 Å². The van der Waals surface area contributed by atoms with Crippen LogP contribution in [0.2, 0.25) is 0 Å². The minimum Gasteiger partial charge on any atom is -0.356 e. The van der Waals surface area contributed by atoms with Gasteiger partial charge in [0.2, 0.25) is 0 Å². The molecule has 0 amide bonds. The van der Waals surface area contributed by atoms with Crippen molar-refractivity contribution in [3.63, 3.8) is 0 Å². The van der Waals surface area contributed by atoms with Crippen molar-refractivity contribution in [1.29, 1.82) is 0 Å². The zero-order valence-corrected chi connectivity index (χ0v) is 21.7. The molecule has 166 valence electrons. The fourth-order valence-corrected chi connectivity index (χ4v) is 4.67. The number of hydrogen-bond acceptors (Lipinski definition) is 4. The highest BCUT2D eigenvalue weighted by Gasteiger charge is 2.25. The summed E-state index contributed by atoms with van der Waals surface area (Å²) in [5.41, 5.74) is 2.57. The molecule has 1 aromatic heterocycles. The number of halogens is 1. The Hall–Kier alpha value is -1.19. The number of piperidine rings is 1. The third kappa shape index (κ3) is 7.50. The van der Waals surface area contributed by atoms with Gasteiger partial charge < -0.3 is 10.6 Å². The molecule has 0 spiro atoms. The summed E-state index contributed by atoms with van der Waals surface area (Å²) in [4.78, 5) is 11.7. The second kappa shape index (κ2) is 12.6. The Morgan fingerprint density at radius 3 is 2.70 bits per heavy atom. The molecule has 1 aliphatic heterocycles. The second-order valence-corrected chi connectivity index (χ2v) is 9.14. The Morgan fingerprint density at radius 1 is 1.30 bits per heavy atom. The molecule has 1 saturated heterocycles. The molecule has 0 aliphatic carbocycles. The topological polar surface area (TPSA) is 52.6 Å². The van der Waals surface area contributed by atoms with Crippen molar-refractivity contribution >= 4 is 41.3 Å². The maximum Gasteiger partial charge on any atom is 0.191 e. The number of hydrogen-bond donors (Lipinski definition) is 2. The molecule has 30 heavy (non-hydrogen) atoms. The third-order valence-electron chi connectivity index (χ3n) is 5.54. The van der Waals surface area contributed by atoms with Gasteiger partial charge in [-0.05, 0) is 25.3 Å². The molecule has 0 radical (unpaired) electrons. The van der Waals surface area contributed by atoms with E-state index in [0.29, 0.717) is 18.0 Å². The number of aliphatic imine (C=N–C) groups is 1. The lowest BCUT2D eigenvalue weighted by Gasteiger charge is -2.38. The average molecular weight is 542 g/mol. The molecule has 0 saturated carbocycles. The normalized spacial score (nSPS) is 20.1. The molecule has 2 aromatic rings. The van der Waals surface area contributed by atoms with E-state index in [4.69, 9.17) is 4.98 Å². The lowest BCUT2D eigenvalue weighted by Crippen LogP contribution is -2.51. The van der Waals surface area contributed by atoms with Crippen LogP contribution in [0.25, 0.3) is 0 Å². The smallest absolute Gasteiger partial charge is 0.191 e. The van der Waals surface area contributed by atoms with Crippen molar-refractivity contribution in [3.05, 3.63) is 52.0 Å². The lowest BCUT2D eigenvalue weighted by molar-refractivity contribution is 0.134. The quantitative estimate of drug-likeness (QED) is 0.305. The highest BCUT2D eigenvalue weighted by molar-refractivity contribution is 14.0. The number of likely N-dealkylation sites (tertiary alicyclic amines) is 1. The fraction of sp³-hybridized carbons (Fsp3) is 0.565. The van der Waals surface area contributed by atoms with Crippen LogP contribution in [0.3, 0.4) is 0 Å². The molecule has 2 unspecified atom stereocenters. The number of nitrogens with one attached hydrogen (secondary N) is 2. The summed E-state index contributed by atoms with van der Waals surface area (Å²) in [7, 11) is 1.85. The molecule has 1 aliphatic rings. The first kappa shape index (κ1) is 25.1. The number of nitrogens with zero attached hydrogens (tertiary/aromatic N) is 3. The first-order valence-electron chi connectivity index (χ1n) is 10.7. The molecule has 2 N–H and O–H groups in total. The van der Waals surface area contributed by atoms with E-state index in [1.807, 2.05) is 7.05 Å². The summed E-state index contributed by atoms with van der Waals surface area (Å²) < 4.78 is 0. The van der Waals surface area contributed by atoms with Gasteiger partial charge in [0.1, 0.15) is 0 Å². The molecule has 3 rings (SSSR count). The number of benzene rings is 1. The van der Waals surface area contributed by atoms with Gasteiger partial charge in [0, 0.05) is 56.5 Å². The molecule has 0 bridgehead atoms. The minimum atomic E-state index is 0. The van der Waals surface area contributed by atoms with Gasteiger partial charge >= 0.3 is 0 Å². The van der Waals surface area contributed by atoms with Crippen molar-refractivity contribution in [1.82, 2.24) is 20.5 Å². The Morgan fingerprint density at radius 2 is 2.07 bits per heavy atom. The minimum absolute atomic E-state index is 0.